The molecule has 1 rings (SSSR count). The maximum atomic E-state index is 12.2. The maximum absolute atomic E-state index is 12.2. The van der Waals surface area contributed by atoms with Crippen molar-refractivity contribution in [2.45, 2.75) is 19.6 Å². The van der Waals surface area contributed by atoms with E-state index in [1.54, 1.807) is 0 Å². The van der Waals surface area contributed by atoms with E-state index in [-0.39, 0.29) is 5.69 Å². The van der Waals surface area contributed by atoms with Gasteiger partial charge in [0, 0.05) is 6.07 Å². The van der Waals surface area contributed by atoms with E-state index in [4.69, 9.17) is 5.11 Å². The molecule has 8 heteroatoms. The molecule has 0 fully saturated rings. The number of aromatic nitrogens is 1. The Hall–Kier alpha value is -1.57. The second-order valence-electron chi connectivity index (χ2n) is 2.75. The van der Waals surface area contributed by atoms with Crippen LogP contribution >= 0.6 is 0 Å². The zero-order chi connectivity index (χ0) is 12.3. The van der Waals surface area contributed by atoms with Crippen molar-refractivity contribution in [3.63, 3.8) is 0 Å². The Morgan fingerprint density at radius 1 is 1.38 bits per heavy atom. The molecule has 4 nitrogen and oxygen atoms in total. The highest BCUT2D eigenvalue weighted by Crippen LogP contribution is 2.34. The third-order valence-electron chi connectivity index (χ3n) is 1.60. The van der Waals surface area contributed by atoms with Crippen LogP contribution in [0, 0.1) is 0 Å². The summed E-state index contributed by atoms with van der Waals surface area (Å²) in [5.74, 6) is -1.95. The lowest BCUT2D eigenvalue weighted by atomic mass is 10.2. The van der Waals surface area contributed by atoms with Crippen LogP contribution in [0.25, 0.3) is 0 Å². The SMILES string of the molecule is OCc1nc(CF)cc(OC(F)(F)F)c1O. The third-order valence-corrected chi connectivity index (χ3v) is 1.60. The summed E-state index contributed by atoms with van der Waals surface area (Å²) in [5, 5.41) is 17.9. The van der Waals surface area contributed by atoms with Crippen molar-refractivity contribution >= 4 is 0 Å². The van der Waals surface area contributed by atoms with E-state index < -0.39 is 36.8 Å². The first-order valence-electron chi connectivity index (χ1n) is 4.01. The van der Waals surface area contributed by atoms with Gasteiger partial charge in [-0.3, -0.25) is 0 Å². The number of rotatable bonds is 3. The highest BCUT2D eigenvalue weighted by molar-refractivity contribution is 5.43. The van der Waals surface area contributed by atoms with Crippen LogP contribution in [0.5, 0.6) is 11.5 Å². The minimum atomic E-state index is -5.01. The normalized spacial score (nSPS) is 11.6. The standard InChI is InChI=1S/C8H7F4NO3/c9-2-4-1-6(16-8(10,11)12)7(15)5(3-14)13-4/h1,14-15H,2-3H2. The lowest BCUT2D eigenvalue weighted by molar-refractivity contribution is -0.275. The molecule has 0 unspecified atom stereocenters. The average Bonchev–Trinajstić information content (AvgIpc) is 2.19. The van der Waals surface area contributed by atoms with Gasteiger partial charge in [-0.15, -0.1) is 13.2 Å². The fraction of sp³-hybridized carbons (Fsp3) is 0.375. The molecule has 0 aliphatic rings. The summed E-state index contributed by atoms with van der Waals surface area (Å²) in [4.78, 5) is 3.38. The summed E-state index contributed by atoms with van der Waals surface area (Å²) in [6.07, 6.45) is -5.01. The molecule has 0 amide bonds. The summed E-state index contributed by atoms with van der Waals surface area (Å²) in [5.41, 5.74) is -0.851. The molecule has 0 radical (unpaired) electrons. The van der Waals surface area contributed by atoms with Gasteiger partial charge in [-0.25, -0.2) is 9.37 Å². The summed E-state index contributed by atoms with van der Waals surface area (Å²) < 4.78 is 51.3. The summed E-state index contributed by atoms with van der Waals surface area (Å²) in [6.45, 7) is -1.96. The minimum absolute atomic E-state index is 0.374. The van der Waals surface area contributed by atoms with Gasteiger partial charge in [0.15, 0.2) is 11.5 Å². The van der Waals surface area contributed by atoms with Crippen LogP contribution in [-0.4, -0.2) is 21.6 Å². The van der Waals surface area contributed by atoms with Crippen molar-refractivity contribution in [2.75, 3.05) is 0 Å². The number of alkyl halides is 4. The smallest absolute Gasteiger partial charge is 0.503 e. The zero-order valence-corrected chi connectivity index (χ0v) is 7.75. The molecule has 0 atom stereocenters. The van der Waals surface area contributed by atoms with Crippen LogP contribution in [0.2, 0.25) is 0 Å². The molecule has 1 aromatic heterocycles. The van der Waals surface area contributed by atoms with Gasteiger partial charge in [-0.05, 0) is 0 Å². The molecule has 16 heavy (non-hydrogen) atoms. The molecule has 2 N–H and O–H groups in total. The first-order chi connectivity index (χ1) is 7.37. The van der Waals surface area contributed by atoms with Crippen molar-refractivity contribution in [2.24, 2.45) is 0 Å². The van der Waals surface area contributed by atoms with E-state index in [9.17, 15) is 22.7 Å². The molecule has 0 saturated heterocycles. The first kappa shape index (κ1) is 12.5. The van der Waals surface area contributed by atoms with E-state index in [1.807, 2.05) is 0 Å². The quantitative estimate of drug-likeness (QED) is 0.790. The van der Waals surface area contributed by atoms with Crippen molar-refractivity contribution in [3.05, 3.63) is 17.5 Å². The Morgan fingerprint density at radius 2 is 2.00 bits per heavy atom. The zero-order valence-electron chi connectivity index (χ0n) is 7.75. The van der Waals surface area contributed by atoms with Crippen molar-refractivity contribution in [3.8, 4) is 11.5 Å². The molecular formula is C8H7F4NO3. The number of ether oxygens (including phenoxy) is 1. The monoisotopic (exact) mass is 241 g/mol. The Labute approximate surface area is 87.1 Å². The van der Waals surface area contributed by atoms with Crippen LogP contribution in [0.3, 0.4) is 0 Å². The molecule has 0 saturated carbocycles. The predicted molar refractivity (Wildman–Crippen MR) is 43.3 cm³/mol. The number of aliphatic hydroxyl groups is 1. The second-order valence-corrected chi connectivity index (χ2v) is 2.75. The molecule has 1 aromatic rings. The van der Waals surface area contributed by atoms with E-state index in [2.05, 4.69) is 9.72 Å². The van der Waals surface area contributed by atoms with E-state index >= 15 is 0 Å². The summed E-state index contributed by atoms with van der Waals surface area (Å²) >= 11 is 0. The molecule has 0 aliphatic heterocycles. The summed E-state index contributed by atoms with van der Waals surface area (Å²) in [6, 6.07) is 0.613. The highest BCUT2D eigenvalue weighted by Gasteiger charge is 2.33. The Kier molecular flexibility index (Phi) is 3.53. The van der Waals surface area contributed by atoms with Crippen molar-refractivity contribution < 1.29 is 32.5 Å². The van der Waals surface area contributed by atoms with Gasteiger partial charge < -0.3 is 14.9 Å². The van der Waals surface area contributed by atoms with Crippen molar-refractivity contribution in [1.82, 2.24) is 4.98 Å². The average molecular weight is 241 g/mol. The number of hydrogen-bond donors (Lipinski definition) is 2. The molecule has 0 bridgehead atoms. The van der Waals surface area contributed by atoms with Gasteiger partial charge in [0.05, 0.1) is 12.3 Å². The van der Waals surface area contributed by atoms with Gasteiger partial charge in [0.1, 0.15) is 12.4 Å². The van der Waals surface area contributed by atoms with Gasteiger partial charge in [-0.2, -0.15) is 0 Å². The third kappa shape index (κ3) is 2.96. The molecule has 0 spiro atoms. The highest BCUT2D eigenvalue weighted by atomic mass is 19.4. The van der Waals surface area contributed by atoms with E-state index in [0.29, 0.717) is 6.07 Å². The molecule has 0 aromatic carbocycles. The van der Waals surface area contributed by atoms with Gasteiger partial charge in [0.25, 0.3) is 0 Å². The summed E-state index contributed by atoms with van der Waals surface area (Å²) in [7, 11) is 0. The second kappa shape index (κ2) is 4.52. The Balaban J connectivity index is 3.16. The number of aliphatic hydroxyl groups excluding tert-OH is 1. The Bertz CT molecular complexity index is 380. The van der Waals surface area contributed by atoms with Gasteiger partial charge >= 0.3 is 6.36 Å². The number of hydrogen-bond acceptors (Lipinski definition) is 4. The maximum Gasteiger partial charge on any atom is 0.573 e. The number of pyridine rings is 1. The van der Waals surface area contributed by atoms with E-state index in [0.717, 1.165) is 0 Å². The number of halogens is 4. The topological polar surface area (TPSA) is 62.6 Å². The Morgan fingerprint density at radius 3 is 2.44 bits per heavy atom. The fourth-order valence-electron chi connectivity index (χ4n) is 1.00. The molecule has 90 valence electrons. The first-order valence-corrected chi connectivity index (χ1v) is 4.01. The van der Waals surface area contributed by atoms with Gasteiger partial charge in [-0.1, -0.05) is 0 Å². The number of aromatic hydroxyl groups is 1. The number of nitrogens with zero attached hydrogens (tertiary/aromatic N) is 1. The molecule has 0 aliphatic carbocycles. The van der Waals surface area contributed by atoms with Crippen LogP contribution < -0.4 is 4.74 Å². The van der Waals surface area contributed by atoms with Crippen molar-refractivity contribution in [1.29, 1.82) is 0 Å². The van der Waals surface area contributed by atoms with Crippen LogP contribution in [0.15, 0.2) is 6.07 Å². The molecule has 1 heterocycles. The largest absolute Gasteiger partial charge is 0.573 e. The fourth-order valence-corrected chi connectivity index (χ4v) is 1.00. The molecular weight excluding hydrogens is 234 g/mol. The lowest BCUT2D eigenvalue weighted by Gasteiger charge is -2.12. The minimum Gasteiger partial charge on any atom is -0.503 e. The lowest BCUT2D eigenvalue weighted by Crippen LogP contribution is -2.18. The van der Waals surface area contributed by atoms with Crippen LogP contribution in [0.4, 0.5) is 17.6 Å². The predicted octanol–water partition coefficient (Wildman–Crippen LogP) is 1.65. The van der Waals surface area contributed by atoms with Crippen LogP contribution in [-0.2, 0) is 13.3 Å². The van der Waals surface area contributed by atoms with Gasteiger partial charge in [0.2, 0.25) is 0 Å². The van der Waals surface area contributed by atoms with Crippen LogP contribution in [0.1, 0.15) is 11.4 Å². The van der Waals surface area contributed by atoms with E-state index in [1.165, 1.54) is 0 Å².